The molecule has 0 spiro atoms. The Morgan fingerprint density at radius 2 is 1.90 bits per heavy atom. The van der Waals surface area contributed by atoms with Crippen molar-refractivity contribution in [3.8, 4) is 0 Å². The lowest BCUT2D eigenvalue weighted by molar-refractivity contribution is 0.0951. The first-order chi connectivity index (χ1) is 9.81. The SMILES string of the molecule is CCCNc1ccccc1C(=O)NCc1ccncc1. The molecule has 104 valence electrons. The summed E-state index contributed by atoms with van der Waals surface area (Å²) in [5, 5.41) is 6.20. The summed E-state index contributed by atoms with van der Waals surface area (Å²) < 4.78 is 0. The third-order valence-corrected chi connectivity index (χ3v) is 2.94. The van der Waals surface area contributed by atoms with Gasteiger partial charge in [0, 0.05) is 31.2 Å². The molecule has 4 nitrogen and oxygen atoms in total. The highest BCUT2D eigenvalue weighted by Gasteiger charge is 2.09. The molecular formula is C16H19N3O. The summed E-state index contributed by atoms with van der Waals surface area (Å²) in [4.78, 5) is 16.2. The minimum absolute atomic E-state index is 0.0685. The van der Waals surface area contributed by atoms with Crippen molar-refractivity contribution >= 4 is 11.6 Å². The van der Waals surface area contributed by atoms with Crippen LogP contribution in [0.25, 0.3) is 0 Å². The molecule has 0 atom stereocenters. The van der Waals surface area contributed by atoms with Gasteiger partial charge in [-0.25, -0.2) is 0 Å². The molecule has 1 aromatic heterocycles. The van der Waals surface area contributed by atoms with E-state index in [4.69, 9.17) is 0 Å². The Morgan fingerprint density at radius 3 is 2.65 bits per heavy atom. The Bertz CT molecular complexity index is 555. The van der Waals surface area contributed by atoms with Crippen LogP contribution in [0.1, 0.15) is 29.3 Å². The zero-order chi connectivity index (χ0) is 14.2. The third-order valence-electron chi connectivity index (χ3n) is 2.94. The Hall–Kier alpha value is -2.36. The van der Waals surface area contributed by atoms with Crippen molar-refractivity contribution in [3.05, 3.63) is 59.9 Å². The van der Waals surface area contributed by atoms with E-state index < -0.39 is 0 Å². The zero-order valence-corrected chi connectivity index (χ0v) is 11.6. The molecule has 0 bridgehead atoms. The van der Waals surface area contributed by atoms with Gasteiger partial charge in [0.15, 0.2) is 0 Å². The first kappa shape index (κ1) is 14.1. The number of nitrogens with zero attached hydrogens (tertiary/aromatic N) is 1. The average Bonchev–Trinajstić information content (AvgIpc) is 2.52. The molecule has 4 heteroatoms. The van der Waals surface area contributed by atoms with Gasteiger partial charge in [0.05, 0.1) is 5.56 Å². The lowest BCUT2D eigenvalue weighted by atomic mass is 10.1. The monoisotopic (exact) mass is 269 g/mol. The van der Waals surface area contributed by atoms with Gasteiger partial charge in [-0.2, -0.15) is 0 Å². The molecule has 2 aromatic rings. The van der Waals surface area contributed by atoms with Crippen LogP contribution in [0.5, 0.6) is 0 Å². The van der Waals surface area contributed by atoms with E-state index in [2.05, 4.69) is 22.5 Å². The Labute approximate surface area is 119 Å². The lowest BCUT2D eigenvalue weighted by Crippen LogP contribution is -2.24. The van der Waals surface area contributed by atoms with Gasteiger partial charge in [-0.05, 0) is 36.2 Å². The van der Waals surface area contributed by atoms with Gasteiger partial charge in [-0.15, -0.1) is 0 Å². The fraction of sp³-hybridized carbons (Fsp3) is 0.250. The number of hydrogen-bond acceptors (Lipinski definition) is 3. The predicted octanol–water partition coefficient (Wildman–Crippen LogP) is 2.83. The van der Waals surface area contributed by atoms with E-state index in [0.29, 0.717) is 12.1 Å². The van der Waals surface area contributed by atoms with Gasteiger partial charge in [0.1, 0.15) is 0 Å². The Kier molecular flexibility index (Phi) is 5.12. The molecule has 0 aliphatic carbocycles. The van der Waals surface area contributed by atoms with Crippen LogP contribution in [0.4, 0.5) is 5.69 Å². The maximum Gasteiger partial charge on any atom is 0.253 e. The maximum absolute atomic E-state index is 12.2. The number of anilines is 1. The van der Waals surface area contributed by atoms with Crippen molar-refractivity contribution in [1.29, 1.82) is 0 Å². The summed E-state index contributed by atoms with van der Waals surface area (Å²) in [5.74, 6) is -0.0685. The van der Waals surface area contributed by atoms with Crippen molar-refractivity contribution in [2.24, 2.45) is 0 Å². The van der Waals surface area contributed by atoms with Crippen LogP contribution >= 0.6 is 0 Å². The summed E-state index contributed by atoms with van der Waals surface area (Å²) in [5.41, 5.74) is 2.59. The van der Waals surface area contributed by atoms with E-state index in [1.54, 1.807) is 12.4 Å². The number of aromatic nitrogens is 1. The molecule has 2 N–H and O–H groups in total. The van der Waals surface area contributed by atoms with Crippen LogP contribution in [-0.4, -0.2) is 17.4 Å². The minimum Gasteiger partial charge on any atom is -0.384 e. The van der Waals surface area contributed by atoms with Crippen LogP contribution in [0, 0.1) is 0 Å². The number of carbonyl (C=O) groups is 1. The molecule has 0 radical (unpaired) electrons. The quantitative estimate of drug-likeness (QED) is 0.848. The second-order valence-corrected chi connectivity index (χ2v) is 4.51. The highest BCUT2D eigenvalue weighted by atomic mass is 16.1. The van der Waals surface area contributed by atoms with Crippen molar-refractivity contribution in [2.45, 2.75) is 19.9 Å². The Morgan fingerprint density at radius 1 is 1.15 bits per heavy atom. The van der Waals surface area contributed by atoms with Gasteiger partial charge in [0.2, 0.25) is 0 Å². The fourth-order valence-electron chi connectivity index (χ4n) is 1.87. The maximum atomic E-state index is 12.2. The van der Waals surface area contributed by atoms with Gasteiger partial charge in [0.25, 0.3) is 5.91 Å². The molecule has 0 aliphatic rings. The smallest absolute Gasteiger partial charge is 0.253 e. The van der Waals surface area contributed by atoms with Crippen molar-refractivity contribution in [1.82, 2.24) is 10.3 Å². The third kappa shape index (κ3) is 3.82. The number of para-hydroxylation sites is 1. The molecule has 0 saturated carbocycles. The number of amides is 1. The van der Waals surface area contributed by atoms with E-state index >= 15 is 0 Å². The van der Waals surface area contributed by atoms with Gasteiger partial charge < -0.3 is 10.6 Å². The van der Waals surface area contributed by atoms with Gasteiger partial charge in [-0.3, -0.25) is 9.78 Å². The molecule has 20 heavy (non-hydrogen) atoms. The highest BCUT2D eigenvalue weighted by molar-refractivity contribution is 5.99. The fourth-order valence-corrected chi connectivity index (χ4v) is 1.87. The average molecular weight is 269 g/mol. The van der Waals surface area contributed by atoms with E-state index in [1.165, 1.54) is 0 Å². The number of benzene rings is 1. The molecular weight excluding hydrogens is 250 g/mol. The summed E-state index contributed by atoms with van der Waals surface area (Å²) in [6, 6.07) is 11.3. The second-order valence-electron chi connectivity index (χ2n) is 4.51. The predicted molar refractivity (Wildman–Crippen MR) is 80.6 cm³/mol. The summed E-state index contributed by atoms with van der Waals surface area (Å²) >= 11 is 0. The van der Waals surface area contributed by atoms with Crippen molar-refractivity contribution < 1.29 is 4.79 Å². The standard InChI is InChI=1S/C16H19N3O/c1-2-9-18-15-6-4-3-5-14(15)16(20)19-12-13-7-10-17-11-8-13/h3-8,10-11,18H,2,9,12H2,1H3,(H,19,20). The van der Waals surface area contributed by atoms with E-state index in [0.717, 1.165) is 24.2 Å². The minimum atomic E-state index is -0.0685. The van der Waals surface area contributed by atoms with E-state index in [9.17, 15) is 4.79 Å². The van der Waals surface area contributed by atoms with Crippen LogP contribution in [-0.2, 0) is 6.54 Å². The van der Waals surface area contributed by atoms with Crippen LogP contribution in [0.3, 0.4) is 0 Å². The molecule has 0 unspecified atom stereocenters. The molecule has 0 saturated heterocycles. The summed E-state index contributed by atoms with van der Waals surface area (Å²) in [6.45, 7) is 3.46. The number of pyridine rings is 1. The Balaban J connectivity index is 2.01. The molecule has 1 amide bonds. The molecule has 0 fully saturated rings. The second kappa shape index (κ2) is 7.28. The van der Waals surface area contributed by atoms with Gasteiger partial charge >= 0.3 is 0 Å². The normalized spacial score (nSPS) is 10.1. The number of rotatable bonds is 6. The number of nitrogens with one attached hydrogen (secondary N) is 2. The summed E-state index contributed by atoms with van der Waals surface area (Å²) in [6.07, 6.45) is 4.46. The number of hydrogen-bond donors (Lipinski definition) is 2. The van der Waals surface area contributed by atoms with Crippen molar-refractivity contribution in [2.75, 3.05) is 11.9 Å². The number of carbonyl (C=O) groups excluding carboxylic acids is 1. The van der Waals surface area contributed by atoms with Gasteiger partial charge in [-0.1, -0.05) is 19.1 Å². The molecule has 1 heterocycles. The largest absolute Gasteiger partial charge is 0.384 e. The van der Waals surface area contributed by atoms with E-state index in [-0.39, 0.29) is 5.91 Å². The molecule has 1 aromatic carbocycles. The molecule has 2 rings (SSSR count). The zero-order valence-electron chi connectivity index (χ0n) is 11.6. The first-order valence-corrected chi connectivity index (χ1v) is 6.81. The molecule has 0 aliphatic heterocycles. The highest BCUT2D eigenvalue weighted by Crippen LogP contribution is 2.15. The van der Waals surface area contributed by atoms with Crippen LogP contribution in [0.15, 0.2) is 48.8 Å². The first-order valence-electron chi connectivity index (χ1n) is 6.81. The van der Waals surface area contributed by atoms with E-state index in [1.807, 2.05) is 36.4 Å². The van der Waals surface area contributed by atoms with Crippen molar-refractivity contribution in [3.63, 3.8) is 0 Å². The van der Waals surface area contributed by atoms with Crippen LogP contribution in [0.2, 0.25) is 0 Å². The summed E-state index contributed by atoms with van der Waals surface area (Å²) in [7, 11) is 0. The van der Waals surface area contributed by atoms with Crippen LogP contribution < -0.4 is 10.6 Å². The topological polar surface area (TPSA) is 54.0 Å². The lowest BCUT2D eigenvalue weighted by Gasteiger charge is -2.11.